The second-order valence-corrected chi connectivity index (χ2v) is 8.78. The van der Waals surface area contributed by atoms with Crippen LogP contribution in [0.1, 0.15) is 35.3 Å². The fraction of sp³-hybridized carbons (Fsp3) is 0.286. The summed E-state index contributed by atoms with van der Waals surface area (Å²) in [5.41, 5.74) is 2.06. The van der Waals surface area contributed by atoms with Crippen molar-refractivity contribution in [3.05, 3.63) is 101 Å². The zero-order valence-corrected chi connectivity index (χ0v) is 19.5. The molecule has 1 heterocycles. The molecule has 1 amide bonds. The van der Waals surface area contributed by atoms with E-state index in [-0.39, 0.29) is 36.2 Å². The van der Waals surface area contributed by atoms with Crippen LogP contribution in [0.25, 0.3) is 0 Å². The summed E-state index contributed by atoms with van der Waals surface area (Å²) in [6.07, 6.45) is 0. The van der Waals surface area contributed by atoms with E-state index in [9.17, 15) is 14.0 Å². The number of hydrogen-bond donors (Lipinski definition) is 0. The first-order chi connectivity index (χ1) is 16.4. The topological polar surface area (TPSA) is 49.9 Å². The Labute approximate surface area is 199 Å². The number of para-hydroxylation sites is 1. The van der Waals surface area contributed by atoms with Crippen LogP contribution in [-0.2, 0) is 11.3 Å². The quantitative estimate of drug-likeness (QED) is 0.485. The molecule has 0 N–H and O–H groups in total. The van der Waals surface area contributed by atoms with Gasteiger partial charge in [-0.3, -0.25) is 14.5 Å². The predicted octanol–water partition coefficient (Wildman–Crippen LogP) is 4.56. The number of ether oxygens (including phenoxy) is 1. The molecule has 0 aliphatic carbocycles. The molecule has 1 aliphatic heterocycles. The van der Waals surface area contributed by atoms with Gasteiger partial charge in [0.25, 0.3) is 5.91 Å². The molecule has 2 atom stereocenters. The lowest BCUT2D eigenvalue weighted by atomic mass is 10.0. The van der Waals surface area contributed by atoms with E-state index in [0.29, 0.717) is 36.5 Å². The monoisotopic (exact) mass is 460 g/mol. The zero-order valence-electron chi connectivity index (χ0n) is 19.5. The lowest BCUT2D eigenvalue weighted by molar-refractivity contribution is -0.139. The van der Waals surface area contributed by atoms with Crippen LogP contribution in [-0.4, -0.2) is 53.3 Å². The number of amides is 1. The van der Waals surface area contributed by atoms with Crippen molar-refractivity contribution in [3.63, 3.8) is 0 Å². The average Bonchev–Trinajstić information content (AvgIpc) is 2.86. The van der Waals surface area contributed by atoms with Crippen molar-refractivity contribution >= 4 is 11.7 Å². The van der Waals surface area contributed by atoms with Gasteiger partial charge in [0.2, 0.25) is 0 Å². The van der Waals surface area contributed by atoms with Crippen LogP contribution >= 0.6 is 0 Å². The average molecular weight is 461 g/mol. The third kappa shape index (κ3) is 5.51. The van der Waals surface area contributed by atoms with Gasteiger partial charge < -0.3 is 9.64 Å². The number of piperazine rings is 1. The van der Waals surface area contributed by atoms with Gasteiger partial charge in [0.15, 0.2) is 12.4 Å². The highest BCUT2D eigenvalue weighted by Gasteiger charge is 2.32. The maximum atomic E-state index is 13.2. The molecule has 0 saturated carbocycles. The minimum absolute atomic E-state index is 0.00828. The summed E-state index contributed by atoms with van der Waals surface area (Å²) in [7, 11) is 0. The number of ketones is 1. The van der Waals surface area contributed by atoms with E-state index in [2.05, 4.69) is 11.8 Å². The molecule has 34 heavy (non-hydrogen) atoms. The van der Waals surface area contributed by atoms with Gasteiger partial charge in [-0.05, 0) is 43.7 Å². The number of benzene rings is 3. The predicted molar refractivity (Wildman–Crippen MR) is 129 cm³/mol. The molecular formula is C28H29FN2O3. The third-order valence-electron chi connectivity index (χ3n) is 6.25. The van der Waals surface area contributed by atoms with E-state index >= 15 is 0 Å². The molecule has 1 fully saturated rings. The van der Waals surface area contributed by atoms with Gasteiger partial charge >= 0.3 is 0 Å². The van der Waals surface area contributed by atoms with Crippen LogP contribution in [0.2, 0.25) is 0 Å². The second kappa shape index (κ2) is 10.6. The van der Waals surface area contributed by atoms with E-state index in [1.165, 1.54) is 12.1 Å². The Hall–Kier alpha value is -3.51. The van der Waals surface area contributed by atoms with E-state index in [1.54, 1.807) is 48.5 Å². The molecule has 6 heteroatoms. The third-order valence-corrected chi connectivity index (χ3v) is 6.25. The van der Waals surface area contributed by atoms with Crippen LogP contribution in [0.5, 0.6) is 5.75 Å². The molecule has 3 aromatic carbocycles. The van der Waals surface area contributed by atoms with Crippen LogP contribution in [0.15, 0.2) is 78.9 Å². The summed E-state index contributed by atoms with van der Waals surface area (Å²) in [6, 6.07) is 22.7. The van der Waals surface area contributed by atoms with Crippen molar-refractivity contribution in [1.29, 1.82) is 0 Å². The SMILES string of the molecule is C[C@@H]1CN(Cc2ccc(F)cc2)[C@@H](C)CN1C(=O)COc1ccccc1C(=O)c1ccccc1. The van der Waals surface area contributed by atoms with E-state index < -0.39 is 0 Å². The summed E-state index contributed by atoms with van der Waals surface area (Å²) in [6.45, 7) is 5.98. The fourth-order valence-electron chi connectivity index (χ4n) is 4.34. The Morgan fingerprint density at radius 1 is 0.882 bits per heavy atom. The normalized spacial score (nSPS) is 18.5. The first-order valence-corrected chi connectivity index (χ1v) is 11.5. The molecule has 4 rings (SSSR count). The first kappa shape index (κ1) is 23.6. The largest absolute Gasteiger partial charge is 0.483 e. The highest BCUT2D eigenvalue weighted by Crippen LogP contribution is 2.23. The maximum Gasteiger partial charge on any atom is 0.260 e. The molecule has 5 nitrogen and oxygen atoms in total. The minimum Gasteiger partial charge on any atom is -0.483 e. The van der Waals surface area contributed by atoms with Gasteiger partial charge in [0.1, 0.15) is 11.6 Å². The van der Waals surface area contributed by atoms with E-state index in [1.807, 2.05) is 30.0 Å². The maximum absolute atomic E-state index is 13.2. The van der Waals surface area contributed by atoms with Crippen molar-refractivity contribution in [2.75, 3.05) is 19.7 Å². The summed E-state index contributed by atoms with van der Waals surface area (Å²) < 4.78 is 19.1. The lowest BCUT2D eigenvalue weighted by Crippen LogP contribution is -2.58. The summed E-state index contributed by atoms with van der Waals surface area (Å²) in [5.74, 6) is -0.0873. The summed E-state index contributed by atoms with van der Waals surface area (Å²) >= 11 is 0. The molecule has 0 spiro atoms. The van der Waals surface area contributed by atoms with Gasteiger partial charge in [-0.25, -0.2) is 4.39 Å². The smallest absolute Gasteiger partial charge is 0.260 e. The molecule has 0 radical (unpaired) electrons. The lowest BCUT2D eigenvalue weighted by Gasteiger charge is -2.44. The highest BCUT2D eigenvalue weighted by molar-refractivity contribution is 6.10. The number of carbonyl (C=O) groups excluding carboxylic acids is 2. The van der Waals surface area contributed by atoms with Crippen molar-refractivity contribution < 1.29 is 18.7 Å². The van der Waals surface area contributed by atoms with Crippen LogP contribution < -0.4 is 4.74 Å². The highest BCUT2D eigenvalue weighted by atomic mass is 19.1. The molecule has 1 saturated heterocycles. The van der Waals surface area contributed by atoms with Crippen LogP contribution in [0.3, 0.4) is 0 Å². The zero-order chi connectivity index (χ0) is 24.1. The van der Waals surface area contributed by atoms with Crippen molar-refractivity contribution in [3.8, 4) is 5.75 Å². The van der Waals surface area contributed by atoms with Crippen molar-refractivity contribution in [1.82, 2.24) is 9.80 Å². The first-order valence-electron chi connectivity index (χ1n) is 11.5. The van der Waals surface area contributed by atoms with E-state index in [4.69, 9.17) is 4.74 Å². The summed E-state index contributed by atoms with van der Waals surface area (Å²) in [5, 5.41) is 0. The van der Waals surface area contributed by atoms with Crippen molar-refractivity contribution in [2.24, 2.45) is 0 Å². The van der Waals surface area contributed by atoms with Crippen LogP contribution in [0, 0.1) is 5.82 Å². The number of nitrogens with zero attached hydrogens (tertiary/aromatic N) is 2. The Balaban J connectivity index is 1.38. The Morgan fingerprint density at radius 3 is 2.29 bits per heavy atom. The van der Waals surface area contributed by atoms with Gasteiger partial charge in [0.05, 0.1) is 5.56 Å². The molecule has 0 aromatic heterocycles. The Bertz CT molecular complexity index is 1130. The number of hydrogen-bond acceptors (Lipinski definition) is 4. The van der Waals surface area contributed by atoms with Crippen molar-refractivity contribution in [2.45, 2.75) is 32.5 Å². The Kier molecular flexibility index (Phi) is 7.38. The summed E-state index contributed by atoms with van der Waals surface area (Å²) in [4.78, 5) is 30.1. The van der Waals surface area contributed by atoms with Crippen LogP contribution in [0.4, 0.5) is 4.39 Å². The molecule has 1 aliphatic rings. The molecule has 176 valence electrons. The fourth-order valence-corrected chi connectivity index (χ4v) is 4.34. The van der Waals surface area contributed by atoms with Gasteiger partial charge in [0, 0.05) is 37.3 Å². The van der Waals surface area contributed by atoms with Gasteiger partial charge in [-0.2, -0.15) is 0 Å². The second-order valence-electron chi connectivity index (χ2n) is 8.78. The Morgan fingerprint density at radius 2 is 1.56 bits per heavy atom. The standard InChI is InChI=1S/C28H29FN2O3/c1-20-17-31(21(2)16-30(20)18-22-12-14-24(29)15-13-22)27(32)19-34-26-11-7-6-10-25(26)28(33)23-8-4-3-5-9-23/h3-15,20-21H,16-19H2,1-2H3/t20-,21+/m0/s1. The molecule has 0 unspecified atom stereocenters. The van der Waals surface area contributed by atoms with E-state index in [0.717, 1.165) is 5.56 Å². The molecule has 0 bridgehead atoms. The minimum atomic E-state index is -0.243. The number of carbonyl (C=O) groups is 2. The molecular weight excluding hydrogens is 431 g/mol. The number of halogens is 1. The molecule has 3 aromatic rings. The number of rotatable bonds is 7. The van der Waals surface area contributed by atoms with Gasteiger partial charge in [-0.15, -0.1) is 0 Å². The van der Waals surface area contributed by atoms with Gasteiger partial charge in [-0.1, -0.05) is 54.6 Å².